The van der Waals surface area contributed by atoms with Crippen LogP contribution in [0.15, 0.2) is 67.1 Å². The molecule has 0 amide bonds. The monoisotopic (exact) mass is 378 g/mol. The van der Waals surface area contributed by atoms with E-state index >= 15 is 0 Å². The molecule has 0 saturated carbocycles. The average Bonchev–Trinajstić information content (AvgIpc) is 2.70. The van der Waals surface area contributed by atoms with E-state index in [0.717, 1.165) is 28.3 Å². The predicted molar refractivity (Wildman–Crippen MR) is 112 cm³/mol. The van der Waals surface area contributed by atoms with Crippen LogP contribution in [0.2, 0.25) is 0 Å². The van der Waals surface area contributed by atoms with Gasteiger partial charge >= 0.3 is 0 Å². The molecule has 5 nitrogen and oxygen atoms in total. The van der Waals surface area contributed by atoms with E-state index in [2.05, 4.69) is 20.2 Å². The molecular weight excluding hydrogens is 356 g/mol. The lowest BCUT2D eigenvalue weighted by atomic mass is 10.2. The highest BCUT2D eigenvalue weighted by atomic mass is 32.1. The number of rotatable bonds is 6. The molecule has 0 saturated heterocycles. The molecule has 27 heavy (non-hydrogen) atoms. The molecule has 3 rings (SSSR count). The van der Waals surface area contributed by atoms with Crippen LogP contribution in [0.25, 0.3) is 0 Å². The fourth-order valence-electron chi connectivity index (χ4n) is 2.69. The van der Waals surface area contributed by atoms with Crippen molar-refractivity contribution < 1.29 is 4.74 Å². The Morgan fingerprint density at radius 2 is 2.00 bits per heavy atom. The zero-order valence-electron chi connectivity index (χ0n) is 15.4. The summed E-state index contributed by atoms with van der Waals surface area (Å²) in [5.74, 6) is 0.761. The summed E-state index contributed by atoms with van der Waals surface area (Å²) < 4.78 is 5.48. The van der Waals surface area contributed by atoms with Crippen LogP contribution in [0, 0.1) is 6.92 Å². The maximum Gasteiger partial charge on any atom is 0.174 e. The van der Waals surface area contributed by atoms with Crippen molar-refractivity contribution in [3.05, 3.63) is 83.9 Å². The summed E-state index contributed by atoms with van der Waals surface area (Å²) in [6.45, 7) is 3.25. The summed E-state index contributed by atoms with van der Waals surface area (Å²) in [5.41, 5.74) is 3.99. The van der Waals surface area contributed by atoms with E-state index in [0.29, 0.717) is 18.2 Å². The Bertz CT molecular complexity index is 846. The van der Waals surface area contributed by atoms with Gasteiger partial charge in [0.25, 0.3) is 0 Å². The van der Waals surface area contributed by atoms with Crippen LogP contribution in [0.5, 0.6) is 5.75 Å². The Morgan fingerprint density at radius 3 is 2.70 bits per heavy atom. The van der Waals surface area contributed by atoms with Crippen molar-refractivity contribution in [1.82, 2.24) is 14.9 Å². The first-order chi connectivity index (χ1) is 13.2. The molecule has 1 aromatic carbocycles. The van der Waals surface area contributed by atoms with E-state index in [1.807, 2.05) is 61.7 Å². The van der Waals surface area contributed by atoms with Crippen molar-refractivity contribution >= 4 is 23.0 Å². The van der Waals surface area contributed by atoms with E-state index in [9.17, 15) is 0 Å². The van der Waals surface area contributed by atoms with E-state index in [-0.39, 0.29) is 0 Å². The normalized spacial score (nSPS) is 10.3. The standard InChI is InChI=1S/C21H22N4OS/c1-16-8-9-19(20(12-16)26-2)24-21(27)25(14-17-6-5-10-22-13-17)15-18-7-3-4-11-23-18/h3-13H,14-15H2,1-2H3,(H,24,27). The minimum atomic E-state index is 0.593. The molecule has 0 aliphatic rings. The van der Waals surface area contributed by atoms with Crippen molar-refractivity contribution in [2.24, 2.45) is 0 Å². The zero-order chi connectivity index (χ0) is 19.1. The predicted octanol–water partition coefficient (Wildman–Crippen LogP) is 4.19. The number of hydrogen-bond acceptors (Lipinski definition) is 4. The van der Waals surface area contributed by atoms with Gasteiger partial charge in [-0.3, -0.25) is 9.97 Å². The third-order valence-corrected chi connectivity index (χ3v) is 4.42. The van der Waals surface area contributed by atoms with Crippen LogP contribution in [-0.4, -0.2) is 27.1 Å². The van der Waals surface area contributed by atoms with Gasteiger partial charge in [-0.1, -0.05) is 18.2 Å². The number of hydrogen-bond donors (Lipinski definition) is 1. The smallest absolute Gasteiger partial charge is 0.174 e. The van der Waals surface area contributed by atoms with Crippen LogP contribution in [-0.2, 0) is 13.1 Å². The lowest BCUT2D eigenvalue weighted by Crippen LogP contribution is -2.34. The van der Waals surface area contributed by atoms with Gasteiger partial charge in [-0.05, 0) is 60.6 Å². The second kappa shape index (κ2) is 9.09. The highest BCUT2D eigenvalue weighted by molar-refractivity contribution is 7.80. The van der Waals surface area contributed by atoms with Gasteiger partial charge in [0.05, 0.1) is 25.0 Å². The first-order valence-corrected chi connectivity index (χ1v) is 9.06. The fourth-order valence-corrected chi connectivity index (χ4v) is 2.93. The van der Waals surface area contributed by atoms with Crippen LogP contribution < -0.4 is 10.1 Å². The first-order valence-electron chi connectivity index (χ1n) is 8.65. The number of pyridine rings is 2. The van der Waals surface area contributed by atoms with Gasteiger partial charge < -0.3 is 15.0 Å². The molecule has 0 spiro atoms. The number of benzene rings is 1. The maximum atomic E-state index is 5.71. The second-order valence-electron chi connectivity index (χ2n) is 6.17. The summed E-state index contributed by atoms with van der Waals surface area (Å²) in [5, 5.41) is 3.92. The Kier molecular flexibility index (Phi) is 6.33. The molecule has 0 atom stereocenters. The number of nitrogens with zero attached hydrogens (tertiary/aromatic N) is 3. The Balaban J connectivity index is 1.81. The van der Waals surface area contributed by atoms with Gasteiger partial charge in [-0.15, -0.1) is 0 Å². The van der Waals surface area contributed by atoms with E-state index < -0.39 is 0 Å². The third-order valence-electron chi connectivity index (χ3n) is 4.06. The van der Waals surface area contributed by atoms with Crippen LogP contribution in [0.3, 0.4) is 0 Å². The average molecular weight is 379 g/mol. The molecule has 3 aromatic rings. The van der Waals surface area contributed by atoms with E-state index in [1.165, 1.54) is 0 Å². The molecule has 0 aliphatic carbocycles. The minimum absolute atomic E-state index is 0.593. The topological polar surface area (TPSA) is 50.3 Å². The molecule has 0 bridgehead atoms. The Morgan fingerprint density at radius 1 is 1.11 bits per heavy atom. The molecule has 0 fully saturated rings. The zero-order valence-corrected chi connectivity index (χ0v) is 16.2. The van der Waals surface area contributed by atoms with Gasteiger partial charge in [-0.2, -0.15) is 0 Å². The Labute approximate surface area is 165 Å². The molecule has 0 radical (unpaired) electrons. The largest absolute Gasteiger partial charge is 0.495 e. The molecule has 0 unspecified atom stereocenters. The minimum Gasteiger partial charge on any atom is -0.495 e. The molecule has 6 heteroatoms. The van der Waals surface area contributed by atoms with Crippen molar-refractivity contribution in [3.63, 3.8) is 0 Å². The highest BCUT2D eigenvalue weighted by Gasteiger charge is 2.14. The van der Waals surface area contributed by atoms with Crippen LogP contribution in [0.1, 0.15) is 16.8 Å². The second-order valence-corrected chi connectivity index (χ2v) is 6.56. The van der Waals surface area contributed by atoms with Gasteiger partial charge in [0.15, 0.2) is 5.11 Å². The van der Waals surface area contributed by atoms with E-state index in [4.69, 9.17) is 17.0 Å². The first kappa shape index (κ1) is 18.8. The van der Waals surface area contributed by atoms with Gasteiger partial charge in [0.1, 0.15) is 5.75 Å². The molecule has 2 heterocycles. The number of aryl methyl sites for hydroxylation is 1. The third kappa shape index (κ3) is 5.24. The number of nitrogens with one attached hydrogen (secondary N) is 1. The highest BCUT2D eigenvalue weighted by Crippen LogP contribution is 2.26. The van der Waals surface area contributed by atoms with Crippen molar-refractivity contribution in [3.8, 4) is 5.75 Å². The number of anilines is 1. The lowest BCUT2D eigenvalue weighted by Gasteiger charge is -2.26. The number of methoxy groups -OCH3 is 1. The maximum absolute atomic E-state index is 5.71. The van der Waals surface area contributed by atoms with Gasteiger partial charge in [0, 0.05) is 25.1 Å². The van der Waals surface area contributed by atoms with Crippen molar-refractivity contribution in [2.45, 2.75) is 20.0 Å². The molecule has 2 aromatic heterocycles. The van der Waals surface area contributed by atoms with E-state index in [1.54, 1.807) is 19.5 Å². The van der Waals surface area contributed by atoms with Crippen molar-refractivity contribution in [1.29, 1.82) is 0 Å². The SMILES string of the molecule is COc1cc(C)ccc1NC(=S)N(Cc1cccnc1)Cc1ccccn1. The quantitative estimate of drug-likeness (QED) is 0.649. The summed E-state index contributed by atoms with van der Waals surface area (Å²) in [6.07, 6.45) is 5.40. The number of thiocarbonyl (C=S) groups is 1. The molecule has 138 valence electrons. The van der Waals surface area contributed by atoms with Crippen molar-refractivity contribution in [2.75, 3.05) is 12.4 Å². The van der Waals surface area contributed by atoms with Gasteiger partial charge in [-0.25, -0.2) is 0 Å². The summed E-state index contributed by atoms with van der Waals surface area (Å²) in [4.78, 5) is 10.7. The van der Waals surface area contributed by atoms with Gasteiger partial charge in [0.2, 0.25) is 0 Å². The summed E-state index contributed by atoms with van der Waals surface area (Å²) in [7, 11) is 1.66. The molecule has 0 aliphatic heterocycles. The van der Waals surface area contributed by atoms with Crippen LogP contribution >= 0.6 is 12.2 Å². The van der Waals surface area contributed by atoms with Crippen LogP contribution in [0.4, 0.5) is 5.69 Å². The summed E-state index contributed by atoms with van der Waals surface area (Å²) in [6, 6.07) is 15.8. The fraction of sp³-hybridized carbons (Fsp3) is 0.190. The Hall–Kier alpha value is -2.99. The number of ether oxygens (including phenoxy) is 1. The molecular formula is C21H22N4OS. The molecule has 1 N–H and O–H groups in total. The lowest BCUT2D eigenvalue weighted by molar-refractivity contribution is 0.404. The summed E-state index contributed by atoms with van der Waals surface area (Å²) >= 11 is 5.71. The number of aromatic nitrogens is 2.